The zero-order valence-corrected chi connectivity index (χ0v) is 10.5. The Kier molecular flexibility index (Phi) is 3.57. The summed E-state index contributed by atoms with van der Waals surface area (Å²) in [6.07, 6.45) is -2.94. The standard InChI is InChI=1S/C12H10F3N3S/c13-12(14,15)6-18-10-7-3-1-2-4-9(7)17-5-8(10)11(16)19/h1-5H,6H2,(H2,16,19)(H,17,18). The number of anilines is 1. The van der Waals surface area contributed by atoms with E-state index in [0.717, 1.165) is 0 Å². The summed E-state index contributed by atoms with van der Waals surface area (Å²) in [5, 5.41) is 2.90. The summed E-state index contributed by atoms with van der Waals surface area (Å²) < 4.78 is 37.0. The van der Waals surface area contributed by atoms with Crippen molar-refractivity contribution in [3.05, 3.63) is 36.0 Å². The molecular formula is C12H10F3N3S. The fourth-order valence-corrected chi connectivity index (χ4v) is 1.86. The van der Waals surface area contributed by atoms with E-state index in [1.54, 1.807) is 24.3 Å². The van der Waals surface area contributed by atoms with Crippen LogP contribution in [0.5, 0.6) is 0 Å². The predicted octanol–water partition coefficient (Wildman–Crippen LogP) is 2.84. The lowest BCUT2D eigenvalue weighted by molar-refractivity contribution is -0.115. The van der Waals surface area contributed by atoms with E-state index in [1.807, 2.05) is 0 Å². The van der Waals surface area contributed by atoms with Crippen LogP contribution in [0.25, 0.3) is 10.9 Å². The van der Waals surface area contributed by atoms with E-state index in [1.165, 1.54) is 6.20 Å². The molecule has 0 bridgehead atoms. The molecule has 0 saturated carbocycles. The van der Waals surface area contributed by atoms with E-state index in [2.05, 4.69) is 10.3 Å². The molecule has 3 N–H and O–H groups in total. The molecule has 0 aliphatic rings. The summed E-state index contributed by atoms with van der Waals surface area (Å²) in [4.78, 5) is 4.12. The number of alkyl halides is 3. The number of pyridine rings is 1. The van der Waals surface area contributed by atoms with Crippen LogP contribution in [0.3, 0.4) is 0 Å². The third-order valence-corrected chi connectivity index (χ3v) is 2.73. The lowest BCUT2D eigenvalue weighted by Crippen LogP contribution is -2.23. The van der Waals surface area contributed by atoms with Crippen molar-refractivity contribution < 1.29 is 13.2 Å². The number of benzene rings is 1. The molecule has 0 atom stereocenters. The Balaban J connectivity index is 2.53. The van der Waals surface area contributed by atoms with Crippen LogP contribution in [0.4, 0.5) is 18.9 Å². The highest BCUT2D eigenvalue weighted by Crippen LogP contribution is 2.27. The normalized spacial score (nSPS) is 11.5. The molecule has 2 aromatic rings. The molecule has 2 rings (SSSR count). The maximum atomic E-state index is 12.3. The van der Waals surface area contributed by atoms with Gasteiger partial charge < -0.3 is 11.1 Å². The van der Waals surface area contributed by atoms with Crippen molar-refractivity contribution in [2.24, 2.45) is 5.73 Å². The van der Waals surface area contributed by atoms with Gasteiger partial charge in [0.1, 0.15) is 11.5 Å². The van der Waals surface area contributed by atoms with E-state index < -0.39 is 12.7 Å². The zero-order valence-electron chi connectivity index (χ0n) is 9.66. The summed E-state index contributed by atoms with van der Waals surface area (Å²) in [7, 11) is 0. The van der Waals surface area contributed by atoms with Gasteiger partial charge in [0.05, 0.1) is 16.8 Å². The first-order chi connectivity index (χ1) is 8.88. The summed E-state index contributed by atoms with van der Waals surface area (Å²) >= 11 is 4.84. The molecule has 1 aromatic heterocycles. The van der Waals surface area contributed by atoms with Crippen LogP contribution >= 0.6 is 12.2 Å². The molecule has 1 heterocycles. The van der Waals surface area contributed by atoms with Gasteiger partial charge in [-0.25, -0.2) is 0 Å². The Morgan fingerprint density at radius 2 is 2.00 bits per heavy atom. The molecular weight excluding hydrogens is 275 g/mol. The third kappa shape index (κ3) is 3.11. The SMILES string of the molecule is NC(=S)c1cnc2ccccc2c1NCC(F)(F)F. The molecule has 3 nitrogen and oxygen atoms in total. The summed E-state index contributed by atoms with van der Waals surface area (Å²) in [6.45, 7) is -1.16. The van der Waals surface area contributed by atoms with Crippen LogP contribution in [0.2, 0.25) is 0 Å². The molecule has 0 spiro atoms. The van der Waals surface area contributed by atoms with Crippen LogP contribution in [0, 0.1) is 0 Å². The molecule has 0 aliphatic carbocycles. The molecule has 0 saturated heterocycles. The van der Waals surface area contributed by atoms with Gasteiger partial charge in [-0.05, 0) is 6.07 Å². The minimum atomic E-state index is -4.32. The number of nitrogens with one attached hydrogen (secondary N) is 1. The highest BCUT2D eigenvalue weighted by Gasteiger charge is 2.27. The van der Waals surface area contributed by atoms with Crippen molar-refractivity contribution in [1.82, 2.24) is 4.98 Å². The molecule has 1 aromatic carbocycles. The van der Waals surface area contributed by atoms with Crippen molar-refractivity contribution >= 4 is 33.8 Å². The van der Waals surface area contributed by atoms with Gasteiger partial charge in [-0.1, -0.05) is 30.4 Å². The van der Waals surface area contributed by atoms with Gasteiger partial charge in [0, 0.05) is 11.6 Å². The Morgan fingerprint density at radius 1 is 1.32 bits per heavy atom. The first-order valence-corrected chi connectivity index (χ1v) is 5.77. The fraction of sp³-hybridized carbons (Fsp3) is 0.167. The second kappa shape index (κ2) is 5.00. The second-order valence-electron chi connectivity index (χ2n) is 3.90. The van der Waals surface area contributed by atoms with Crippen LogP contribution in [0.15, 0.2) is 30.5 Å². The molecule has 0 fully saturated rings. The first kappa shape index (κ1) is 13.5. The molecule has 0 aliphatic heterocycles. The zero-order chi connectivity index (χ0) is 14.0. The number of nitrogens with zero attached hydrogens (tertiary/aromatic N) is 1. The summed E-state index contributed by atoms with van der Waals surface area (Å²) in [6, 6.07) is 6.84. The van der Waals surface area contributed by atoms with E-state index in [9.17, 15) is 13.2 Å². The quantitative estimate of drug-likeness (QED) is 0.851. The first-order valence-electron chi connectivity index (χ1n) is 5.36. The maximum absolute atomic E-state index is 12.3. The van der Waals surface area contributed by atoms with Gasteiger partial charge in [0.2, 0.25) is 0 Å². The van der Waals surface area contributed by atoms with Gasteiger partial charge in [-0.2, -0.15) is 13.2 Å². The number of fused-ring (bicyclic) bond motifs is 1. The highest BCUT2D eigenvalue weighted by atomic mass is 32.1. The van der Waals surface area contributed by atoms with Crippen molar-refractivity contribution in [2.75, 3.05) is 11.9 Å². The van der Waals surface area contributed by atoms with Crippen molar-refractivity contribution in [3.63, 3.8) is 0 Å². The van der Waals surface area contributed by atoms with Crippen LogP contribution in [0.1, 0.15) is 5.56 Å². The van der Waals surface area contributed by atoms with Gasteiger partial charge in [0.25, 0.3) is 0 Å². The van der Waals surface area contributed by atoms with Gasteiger partial charge >= 0.3 is 6.18 Å². The maximum Gasteiger partial charge on any atom is 0.405 e. The van der Waals surface area contributed by atoms with Crippen LogP contribution < -0.4 is 11.1 Å². The minimum absolute atomic E-state index is 0.00271. The average Bonchev–Trinajstić information content (AvgIpc) is 2.34. The van der Waals surface area contributed by atoms with E-state index in [-0.39, 0.29) is 10.7 Å². The highest BCUT2D eigenvalue weighted by molar-refractivity contribution is 7.80. The molecule has 0 unspecified atom stereocenters. The number of rotatable bonds is 3. The Morgan fingerprint density at radius 3 is 2.63 bits per heavy atom. The number of halogens is 3. The van der Waals surface area contributed by atoms with Crippen molar-refractivity contribution in [3.8, 4) is 0 Å². The fourth-order valence-electron chi connectivity index (χ4n) is 1.71. The van der Waals surface area contributed by atoms with E-state index >= 15 is 0 Å². The molecule has 0 radical (unpaired) electrons. The van der Waals surface area contributed by atoms with Gasteiger partial charge in [-0.15, -0.1) is 0 Å². The molecule has 100 valence electrons. The van der Waals surface area contributed by atoms with Crippen molar-refractivity contribution in [2.45, 2.75) is 6.18 Å². The van der Waals surface area contributed by atoms with Crippen LogP contribution in [-0.2, 0) is 0 Å². The molecule has 0 amide bonds. The minimum Gasteiger partial charge on any atom is -0.389 e. The summed E-state index contributed by atoms with van der Waals surface area (Å²) in [5.74, 6) is 0. The smallest absolute Gasteiger partial charge is 0.389 e. The Labute approximate surface area is 112 Å². The van der Waals surface area contributed by atoms with Gasteiger partial charge in [-0.3, -0.25) is 4.98 Å². The number of hydrogen-bond donors (Lipinski definition) is 2. The Bertz CT molecular complexity index is 625. The van der Waals surface area contributed by atoms with Crippen LogP contribution in [-0.4, -0.2) is 22.7 Å². The van der Waals surface area contributed by atoms with Gasteiger partial charge in [0.15, 0.2) is 0 Å². The topological polar surface area (TPSA) is 50.9 Å². The number of para-hydroxylation sites is 1. The number of hydrogen-bond acceptors (Lipinski definition) is 3. The number of aromatic nitrogens is 1. The lowest BCUT2D eigenvalue weighted by atomic mass is 10.1. The monoisotopic (exact) mass is 285 g/mol. The number of thiocarbonyl (C=S) groups is 1. The second-order valence-corrected chi connectivity index (χ2v) is 4.34. The third-order valence-electron chi connectivity index (χ3n) is 2.51. The molecule has 19 heavy (non-hydrogen) atoms. The Hall–Kier alpha value is -1.89. The predicted molar refractivity (Wildman–Crippen MR) is 72.2 cm³/mol. The van der Waals surface area contributed by atoms with E-state index in [4.69, 9.17) is 18.0 Å². The largest absolute Gasteiger partial charge is 0.405 e. The average molecular weight is 285 g/mol. The lowest BCUT2D eigenvalue weighted by Gasteiger charge is -2.15. The summed E-state index contributed by atoms with van der Waals surface area (Å²) in [5.41, 5.74) is 6.65. The molecule has 7 heteroatoms. The number of nitrogens with two attached hydrogens (primary N) is 1. The van der Waals surface area contributed by atoms with Crippen molar-refractivity contribution in [1.29, 1.82) is 0 Å². The van der Waals surface area contributed by atoms with E-state index in [0.29, 0.717) is 16.5 Å².